The first-order chi connectivity index (χ1) is 7.92. The van der Waals surface area contributed by atoms with Crippen molar-refractivity contribution in [2.45, 2.75) is 19.5 Å². The van der Waals surface area contributed by atoms with Gasteiger partial charge < -0.3 is 5.32 Å². The van der Waals surface area contributed by atoms with Crippen LogP contribution >= 0.6 is 0 Å². The molecule has 0 radical (unpaired) electrons. The normalized spacial score (nSPS) is 14.8. The molecule has 5 heteroatoms. The summed E-state index contributed by atoms with van der Waals surface area (Å²) in [5.74, 6) is 0.801. The van der Waals surface area contributed by atoms with E-state index in [9.17, 15) is 0 Å². The minimum absolute atomic E-state index is 0.647. The Morgan fingerprint density at radius 1 is 1.31 bits per heavy atom. The van der Waals surface area contributed by atoms with Gasteiger partial charge in [-0.05, 0) is 6.07 Å². The van der Waals surface area contributed by atoms with Crippen LogP contribution in [0.25, 0.3) is 0 Å². The lowest BCUT2D eigenvalue weighted by atomic mass is 10.1. The Bertz CT molecular complexity index is 453. The number of hydrogen-bond donors (Lipinski definition) is 1. The SMILES string of the molecule is c1cnc(Cn2cc3c(n2)CCNC3)nc1. The highest BCUT2D eigenvalue weighted by Crippen LogP contribution is 2.11. The van der Waals surface area contributed by atoms with Crippen LogP contribution in [0, 0.1) is 0 Å². The minimum Gasteiger partial charge on any atom is -0.312 e. The number of fused-ring (bicyclic) bond motifs is 1. The summed E-state index contributed by atoms with van der Waals surface area (Å²) in [7, 11) is 0. The van der Waals surface area contributed by atoms with Crippen molar-refractivity contribution < 1.29 is 0 Å². The Balaban J connectivity index is 1.83. The summed E-state index contributed by atoms with van der Waals surface area (Å²) in [6, 6.07) is 1.82. The van der Waals surface area contributed by atoms with Gasteiger partial charge in [0, 0.05) is 43.7 Å². The van der Waals surface area contributed by atoms with Crippen LogP contribution in [-0.4, -0.2) is 26.3 Å². The van der Waals surface area contributed by atoms with Crippen LogP contribution < -0.4 is 5.32 Å². The minimum atomic E-state index is 0.647. The van der Waals surface area contributed by atoms with E-state index < -0.39 is 0 Å². The van der Waals surface area contributed by atoms with Gasteiger partial charge in [-0.15, -0.1) is 0 Å². The van der Waals surface area contributed by atoms with Crippen molar-refractivity contribution in [3.05, 3.63) is 41.7 Å². The van der Waals surface area contributed by atoms with Crippen molar-refractivity contribution in [3.8, 4) is 0 Å². The Labute approximate surface area is 93.5 Å². The molecule has 82 valence electrons. The number of aromatic nitrogens is 4. The summed E-state index contributed by atoms with van der Waals surface area (Å²) >= 11 is 0. The van der Waals surface area contributed by atoms with Gasteiger partial charge in [0.25, 0.3) is 0 Å². The van der Waals surface area contributed by atoms with E-state index in [0.717, 1.165) is 25.3 Å². The maximum absolute atomic E-state index is 4.54. The number of hydrogen-bond acceptors (Lipinski definition) is 4. The Hall–Kier alpha value is -1.75. The van der Waals surface area contributed by atoms with E-state index in [-0.39, 0.29) is 0 Å². The van der Waals surface area contributed by atoms with Crippen molar-refractivity contribution in [1.82, 2.24) is 25.1 Å². The molecule has 3 rings (SSSR count). The molecule has 0 bridgehead atoms. The van der Waals surface area contributed by atoms with Gasteiger partial charge in [0.1, 0.15) is 12.4 Å². The molecule has 0 spiro atoms. The van der Waals surface area contributed by atoms with Gasteiger partial charge in [-0.2, -0.15) is 5.10 Å². The van der Waals surface area contributed by atoms with Crippen molar-refractivity contribution in [2.75, 3.05) is 6.54 Å². The highest BCUT2D eigenvalue weighted by atomic mass is 15.3. The Kier molecular flexibility index (Phi) is 2.38. The summed E-state index contributed by atoms with van der Waals surface area (Å²) < 4.78 is 1.92. The van der Waals surface area contributed by atoms with E-state index in [2.05, 4.69) is 26.6 Å². The quantitative estimate of drug-likeness (QED) is 0.786. The second-order valence-corrected chi connectivity index (χ2v) is 3.89. The molecular formula is C11H13N5. The fourth-order valence-electron chi connectivity index (χ4n) is 1.93. The summed E-state index contributed by atoms with van der Waals surface area (Å²) in [4.78, 5) is 8.39. The first-order valence-corrected chi connectivity index (χ1v) is 5.43. The van der Waals surface area contributed by atoms with Gasteiger partial charge in [-0.3, -0.25) is 4.68 Å². The first kappa shape index (κ1) is 9.47. The maximum atomic E-state index is 4.54. The monoisotopic (exact) mass is 215 g/mol. The average molecular weight is 215 g/mol. The van der Waals surface area contributed by atoms with E-state index in [1.807, 2.05) is 10.7 Å². The smallest absolute Gasteiger partial charge is 0.149 e. The fourth-order valence-corrected chi connectivity index (χ4v) is 1.93. The third-order valence-corrected chi connectivity index (χ3v) is 2.70. The number of nitrogens with zero attached hydrogens (tertiary/aromatic N) is 4. The molecule has 1 aliphatic rings. The average Bonchev–Trinajstić information content (AvgIpc) is 2.72. The van der Waals surface area contributed by atoms with E-state index in [1.165, 1.54) is 11.3 Å². The zero-order chi connectivity index (χ0) is 10.8. The highest BCUT2D eigenvalue weighted by molar-refractivity contribution is 5.19. The largest absolute Gasteiger partial charge is 0.312 e. The topological polar surface area (TPSA) is 55.6 Å². The van der Waals surface area contributed by atoms with Crippen LogP contribution in [-0.2, 0) is 19.5 Å². The van der Waals surface area contributed by atoms with E-state index in [4.69, 9.17) is 0 Å². The van der Waals surface area contributed by atoms with Crippen LogP contribution in [0.3, 0.4) is 0 Å². The molecule has 0 aromatic carbocycles. The summed E-state index contributed by atoms with van der Waals surface area (Å²) in [5.41, 5.74) is 2.50. The molecule has 5 nitrogen and oxygen atoms in total. The maximum Gasteiger partial charge on any atom is 0.149 e. The standard InChI is InChI=1S/C11H13N5/c1-3-13-11(14-4-1)8-16-7-9-6-12-5-2-10(9)15-16/h1,3-4,7,12H,2,5-6,8H2. The van der Waals surface area contributed by atoms with E-state index in [0.29, 0.717) is 6.54 Å². The molecule has 2 aromatic rings. The summed E-state index contributed by atoms with van der Waals surface area (Å²) in [6.07, 6.45) is 6.61. The lowest BCUT2D eigenvalue weighted by Crippen LogP contribution is -2.22. The summed E-state index contributed by atoms with van der Waals surface area (Å²) in [5, 5.41) is 7.88. The summed E-state index contributed by atoms with van der Waals surface area (Å²) in [6.45, 7) is 2.59. The third-order valence-electron chi connectivity index (χ3n) is 2.70. The van der Waals surface area contributed by atoms with Crippen LogP contribution in [0.1, 0.15) is 17.1 Å². The molecule has 0 fully saturated rings. The lowest BCUT2D eigenvalue weighted by molar-refractivity contribution is 0.619. The molecule has 0 aliphatic carbocycles. The molecular weight excluding hydrogens is 202 g/mol. The van der Waals surface area contributed by atoms with Crippen LogP contribution in [0.15, 0.2) is 24.7 Å². The molecule has 0 amide bonds. The van der Waals surface area contributed by atoms with E-state index in [1.54, 1.807) is 12.4 Å². The second-order valence-electron chi connectivity index (χ2n) is 3.89. The molecule has 1 aliphatic heterocycles. The van der Waals surface area contributed by atoms with Gasteiger partial charge in [0.2, 0.25) is 0 Å². The zero-order valence-corrected chi connectivity index (χ0v) is 8.93. The lowest BCUT2D eigenvalue weighted by Gasteiger charge is -2.09. The van der Waals surface area contributed by atoms with Gasteiger partial charge in [-0.1, -0.05) is 0 Å². The number of nitrogens with one attached hydrogen (secondary N) is 1. The van der Waals surface area contributed by atoms with Crippen LogP contribution in [0.2, 0.25) is 0 Å². The van der Waals surface area contributed by atoms with Gasteiger partial charge in [0.05, 0.1) is 5.69 Å². The Morgan fingerprint density at radius 3 is 3.00 bits per heavy atom. The molecule has 1 N–H and O–H groups in total. The predicted molar refractivity (Wildman–Crippen MR) is 58.8 cm³/mol. The van der Waals surface area contributed by atoms with Crippen LogP contribution in [0.4, 0.5) is 0 Å². The second kappa shape index (κ2) is 4.02. The molecule has 2 aromatic heterocycles. The van der Waals surface area contributed by atoms with Crippen molar-refractivity contribution in [3.63, 3.8) is 0 Å². The fraction of sp³-hybridized carbons (Fsp3) is 0.364. The number of rotatable bonds is 2. The van der Waals surface area contributed by atoms with Gasteiger partial charge in [0.15, 0.2) is 0 Å². The van der Waals surface area contributed by atoms with Crippen LogP contribution in [0.5, 0.6) is 0 Å². The third kappa shape index (κ3) is 1.81. The first-order valence-electron chi connectivity index (χ1n) is 5.43. The molecule has 0 unspecified atom stereocenters. The van der Waals surface area contributed by atoms with E-state index >= 15 is 0 Å². The van der Waals surface area contributed by atoms with Crippen molar-refractivity contribution in [1.29, 1.82) is 0 Å². The molecule has 3 heterocycles. The van der Waals surface area contributed by atoms with Gasteiger partial charge in [-0.25, -0.2) is 9.97 Å². The highest BCUT2D eigenvalue weighted by Gasteiger charge is 2.13. The molecule has 0 saturated carbocycles. The zero-order valence-electron chi connectivity index (χ0n) is 8.93. The van der Waals surface area contributed by atoms with Crippen molar-refractivity contribution >= 4 is 0 Å². The Morgan fingerprint density at radius 2 is 2.19 bits per heavy atom. The molecule has 0 saturated heterocycles. The molecule has 0 atom stereocenters. The van der Waals surface area contributed by atoms with Gasteiger partial charge >= 0.3 is 0 Å². The predicted octanol–water partition coefficient (Wildman–Crippen LogP) is 0.367. The van der Waals surface area contributed by atoms with Crippen molar-refractivity contribution in [2.24, 2.45) is 0 Å². The molecule has 16 heavy (non-hydrogen) atoms.